The third kappa shape index (κ3) is 3.76. The van der Waals surface area contributed by atoms with Crippen LogP contribution in [0.5, 0.6) is 0 Å². The highest BCUT2D eigenvalue weighted by Gasteiger charge is 2.22. The summed E-state index contributed by atoms with van der Waals surface area (Å²) in [6.07, 6.45) is 4.67. The van der Waals surface area contributed by atoms with Gasteiger partial charge in [-0.2, -0.15) is 0 Å². The number of nitrogens with one attached hydrogen (secondary N) is 2. The van der Waals surface area contributed by atoms with Crippen molar-refractivity contribution in [3.05, 3.63) is 46.8 Å². The number of hydrogen-bond donors (Lipinski definition) is 3. The molecule has 0 aliphatic heterocycles. The number of rotatable bonds is 5. The molecular weight excluding hydrogens is 358 g/mol. The maximum atomic E-state index is 12.5. The monoisotopic (exact) mass is 371 g/mol. The quantitative estimate of drug-likeness (QED) is 0.543. The molecule has 0 fully saturated rings. The van der Waals surface area contributed by atoms with E-state index < -0.39 is 16.1 Å². The van der Waals surface area contributed by atoms with Crippen LogP contribution < -0.4 is 16.0 Å². The van der Waals surface area contributed by atoms with Gasteiger partial charge in [0, 0.05) is 29.1 Å². The average Bonchev–Trinajstić information content (AvgIpc) is 2.47. The van der Waals surface area contributed by atoms with E-state index in [0.29, 0.717) is 4.47 Å². The number of halogens is 1. The number of nitrogen functional groups attached to an aromatic ring is 1. The van der Waals surface area contributed by atoms with E-state index in [1.807, 2.05) is 0 Å². The van der Waals surface area contributed by atoms with Crippen LogP contribution in [0, 0.1) is 0 Å². The van der Waals surface area contributed by atoms with Crippen molar-refractivity contribution in [2.24, 2.45) is 5.84 Å². The second-order valence-electron chi connectivity index (χ2n) is 4.27. The van der Waals surface area contributed by atoms with Crippen LogP contribution in [0.4, 0.5) is 5.82 Å². The summed E-state index contributed by atoms with van der Waals surface area (Å²) >= 11 is 3.20. The molecule has 2 rings (SSSR count). The van der Waals surface area contributed by atoms with Gasteiger partial charge in [0.1, 0.15) is 4.90 Å². The van der Waals surface area contributed by atoms with Crippen LogP contribution in [-0.2, 0) is 10.0 Å². The van der Waals surface area contributed by atoms with Crippen LogP contribution >= 0.6 is 15.9 Å². The molecule has 1 atom stereocenters. The lowest BCUT2D eigenvalue weighted by molar-refractivity contribution is 0.566. The first-order valence-electron chi connectivity index (χ1n) is 5.98. The van der Waals surface area contributed by atoms with Crippen molar-refractivity contribution in [1.82, 2.24) is 14.7 Å². The highest BCUT2D eigenvalue weighted by atomic mass is 79.9. The predicted molar refractivity (Wildman–Crippen MR) is 82.7 cm³/mol. The highest BCUT2D eigenvalue weighted by molar-refractivity contribution is 9.10. The lowest BCUT2D eigenvalue weighted by Crippen LogP contribution is -2.28. The van der Waals surface area contributed by atoms with Crippen molar-refractivity contribution >= 4 is 31.8 Å². The molecule has 0 saturated carbocycles. The molecule has 0 aliphatic carbocycles. The molecule has 0 radical (unpaired) electrons. The molecule has 7 nitrogen and oxygen atoms in total. The lowest BCUT2D eigenvalue weighted by atomic mass is 10.1. The predicted octanol–water partition coefficient (Wildman–Crippen LogP) is 1.56. The Hall–Kier alpha value is -1.55. The van der Waals surface area contributed by atoms with Crippen LogP contribution in [0.2, 0.25) is 0 Å². The number of hydrazine groups is 1. The largest absolute Gasteiger partial charge is 0.307 e. The van der Waals surface area contributed by atoms with Gasteiger partial charge in [0.05, 0.1) is 0 Å². The van der Waals surface area contributed by atoms with Gasteiger partial charge in [-0.3, -0.25) is 4.98 Å². The van der Waals surface area contributed by atoms with Gasteiger partial charge in [-0.25, -0.2) is 24.0 Å². The van der Waals surface area contributed by atoms with Crippen molar-refractivity contribution in [2.45, 2.75) is 17.9 Å². The zero-order chi connectivity index (χ0) is 15.5. The molecule has 112 valence electrons. The molecule has 1 unspecified atom stereocenters. The van der Waals surface area contributed by atoms with Crippen LogP contribution in [0.25, 0.3) is 0 Å². The summed E-state index contributed by atoms with van der Waals surface area (Å²) in [5.41, 5.74) is 3.09. The Labute approximate surface area is 131 Å². The molecule has 0 amide bonds. The molecule has 0 spiro atoms. The first-order valence-corrected chi connectivity index (χ1v) is 8.26. The van der Waals surface area contributed by atoms with Gasteiger partial charge >= 0.3 is 0 Å². The van der Waals surface area contributed by atoms with Crippen molar-refractivity contribution in [1.29, 1.82) is 0 Å². The third-order valence-electron chi connectivity index (χ3n) is 2.78. The molecule has 4 N–H and O–H groups in total. The van der Waals surface area contributed by atoms with Crippen LogP contribution in [-0.4, -0.2) is 18.4 Å². The number of hydrogen-bond acceptors (Lipinski definition) is 6. The Kier molecular flexibility index (Phi) is 4.88. The zero-order valence-corrected chi connectivity index (χ0v) is 13.5. The molecule has 2 heterocycles. The SMILES string of the molecule is CC(NS(=O)(=O)c1cc(Br)cnc1NN)c1ccncc1. The molecule has 2 aromatic rings. The molecule has 21 heavy (non-hydrogen) atoms. The standard InChI is InChI=1S/C12H14BrN5O2S/c1-8(9-2-4-15-5-3-9)18-21(19,20)11-6-10(13)7-16-12(11)17-14/h2-8,18H,14H2,1H3,(H,16,17). The third-order valence-corrected chi connectivity index (χ3v) is 4.77. The van der Waals surface area contributed by atoms with E-state index in [4.69, 9.17) is 5.84 Å². The Morgan fingerprint density at radius 3 is 2.62 bits per heavy atom. The minimum Gasteiger partial charge on any atom is -0.307 e. The van der Waals surface area contributed by atoms with Gasteiger partial charge in [0.15, 0.2) is 5.82 Å². The van der Waals surface area contributed by atoms with Crippen LogP contribution in [0.15, 0.2) is 46.2 Å². The maximum absolute atomic E-state index is 12.5. The van der Waals surface area contributed by atoms with E-state index >= 15 is 0 Å². The second-order valence-corrected chi connectivity index (χ2v) is 6.87. The second kappa shape index (κ2) is 6.48. The fraction of sp³-hybridized carbons (Fsp3) is 0.167. The first kappa shape index (κ1) is 15.8. The number of sulfonamides is 1. The van der Waals surface area contributed by atoms with Gasteiger partial charge in [0.25, 0.3) is 0 Å². The number of nitrogens with zero attached hydrogens (tertiary/aromatic N) is 2. The van der Waals surface area contributed by atoms with Crippen molar-refractivity contribution < 1.29 is 8.42 Å². The Morgan fingerprint density at radius 2 is 2.00 bits per heavy atom. The average molecular weight is 372 g/mol. The fourth-order valence-corrected chi connectivity index (χ4v) is 3.61. The lowest BCUT2D eigenvalue weighted by Gasteiger charge is -2.16. The summed E-state index contributed by atoms with van der Waals surface area (Å²) in [4.78, 5) is 7.80. The molecule has 2 aromatic heterocycles. The van der Waals surface area contributed by atoms with Gasteiger partial charge in [-0.1, -0.05) is 0 Å². The summed E-state index contributed by atoms with van der Waals surface area (Å²) in [5, 5.41) is 0. The number of anilines is 1. The van der Waals surface area contributed by atoms with E-state index in [2.05, 4.69) is 36.0 Å². The summed E-state index contributed by atoms with van der Waals surface area (Å²) in [7, 11) is -3.78. The minimum absolute atomic E-state index is 0.0275. The zero-order valence-electron chi connectivity index (χ0n) is 11.1. The van der Waals surface area contributed by atoms with Gasteiger partial charge in [0.2, 0.25) is 10.0 Å². The fourth-order valence-electron chi connectivity index (χ4n) is 1.75. The van der Waals surface area contributed by atoms with E-state index in [9.17, 15) is 8.42 Å². The smallest absolute Gasteiger partial charge is 0.244 e. The van der Waals surface area contributed by atoms with Crippen LogP contribution in [0.1, 0.15) is 18.5 Å². The van der Waals surface area contributed by atoms with Gasteiger partial charge in [-0.15, -0.1) is 0 Å². The Morgan fingerprint density at radius 1 is 1.33 bits per heavy atom. The summed E-state index contributed by atoms with van der Waals surface area (Å²) in [6.45, 7) is 1.74. The van der Waals surface area contributed by atoms with E-state index in [0.717, 1.165) is 5.56 Å². The number of aromatic nitrogens is 2. The first-order chi connectivity index (χ1) is 9.94. The summed E-state index contributed by atoms with van der Waals surface area (Å²) in [6, 6.07) is 4.51. The summed E-state index contributed by atoms with van der Waals surface area (Å²) in [5.74, 6) is 5.39. The summed E-state index contributed by atoms with van der Waals surface area (Å²) < 4.78 is 28.0. The topological polar surface area (TPSA) is 110 Å². The molecule has 0 aliphatic rings. The maximum Gasteiger partial charge on any atom is 0.244 e. The molecular formula is C12H14BrN5O2S. The van der Waals surface area contributed by atoms with E-state index in [1.54, 1.807) is 31.5 Å². The Bertz CT molecular complexity index is 724. The van der Waals surface area contributed by atoms with Crippen molar-refractivity contribution in [3.8, 4) is 0 Å². The highest BCUT2D eigenvalue weighted by Crippen LogP contribution is 2.24. The minimum atomic E-state index is -3.78. The van der Waals surface area contributed by atoms with Crippen molar-refractivity contribution in [2.75, 3.05) is 5.43 Å². The number of nitrogens with two attached hydrogens (primary N) is 1. The molecule has 9 heteroatoms. The Balaban J connectivity index is 2.33. The normalized spacial score (nSPS) is 12.9. The van der Waals surface area contributed by atoms with E-state index in [1.165, 1.54) is 12.3 Å². The number of pyridine rings is 2. The van der Waals surface area contributed by atoms with Gasteiger partial charge in [-0.05, 0) is 46.6 Å². The molecule has 0 bridgehead atoms. The molecule has 0 saturated heterocycles. The van der Waals surface area contributed by atoms with Crippen molar-refractivity contribution in [3.63, 3.8) is 0 Å². The van der Waals surface area contributed by atoms with E-state index in [-0.39, 0.29) is 10.7 Å². The van der Waals surface area contributed by atoms with Gasteiger partial charge < -0.3 is 5.43 Å². The van der Waals surface area contributed by atoms with Crippen LogP contribution in [0.3, 0.4) is 0 Å². The molecule has 0 aromatic carbocycles.